The summed E-state index contributed by atoms with van der Waals surface area (Å²) in [6.45, 7) is 5.32. The first-order chi connectivity index (χ1) is 18.7. The van der Waals surface area contributed by atoms with Crippen molar-refractivity contribution >= 4 is 27.3 Å². The van der Waals surface area contributed by atoms with Gasteiger partial charge in [-0.1, -0.05) is 6.07 Å². The molecule has 0 radical (unpaired) electrons. The molecule has 1 saturated heterocycles. The summed E-state index contributed by atoms with van der Waals surface area (Å²) in [5.74, 6) is -1.92. The first-order valence-electron chi connectivity index (χ1n) is 12.8. The predicted molar refractivity (Wildman–Crippen MR) is 149 cm³/mol. The Kier molecular flexibility index (Phi) is 7.04. The van der Waals surface area contributed by atoms with Crippen LogP contribution in [0.15, 0.2) is 53.5 Å². The lowest BCUT2D eigenvalue weighted by atomic mass is 9.93. The van der Waals surface area contributed by atoms with Crippen LogP contribution in [0.4, 0.5) is 13.2 Å². The Labute approximate surface area is 233 Å². The second-order valence-electron chi connectivity index (χ2n) is 11.0. The molecule has 1 fully saturated rings. The molecule has 6 nitrogen and oxygen atoms in total. The third kappa shape index (κ3) is 5.38. The molecule has 1 N–H and O–H groups in total. The van der Waals surface area contributed by atoms with E-state index >= 15 is 0 Å². The number of amides is 1. The summed E-state index contributed by atoms with van der Waals surface area (Å²) in [4.78, 5) is 28.4. The van der Waals surface area contributed by atoms with Gasteiger partial charge in [-0.3, -0.25) is 9.59 Å². The van der Waals surface area contributed by atoms with Gasteiger partial charge in [-0.25, -0.2) is 13.2 Å². The molecule has 1 amide bonds. The molecule has 0 saturated carbocycles. The normalized spacial score (nSPS) is 15.4. The van der Waals surface area contributed by atoms with E-state index in [0.717, 1.165) is 17.4 Å². The predicted octanol–water partition coefficient (Wildman–Crippen LogP) is 6.53. The zero-order valence-electron chi connectivity index (χ0n) is 22.6. The quantitative estimate of drug-likeness (QED) is 0.296. The molecule has 10 heteroatoms. The maximum absolute atomic E-state index is 14.5. The van der Waals surface area contributed by atoms with E-state index in [9.17, 15) is 27.9 Å². The van der Waals surface area contributed by atoms with Crippen molar-refractivity contribution in [2.45, 2.75) is 44.9 Å². The number of nitrogens with zero attached hydrogens (tertiary/aromatic N) is 2. The molecule has 0 bridgehead atoms. The van der Waals surface area contributed by atoms with Crippen molar-refractivity contribution in [2.75, 3.05) is 13.1 Å². The zero-order valence-corrected chi connectivity index (χ0v) is 23.4. The van der Waals surface area contributed by atoms with Gasteiger partial charge in [0.25, 0.3) is 11.5 Å². The molecule has 1 aliphatic heterocycles. The van der Waals surface area contributed by atoms with E-state index in [4.69, 9.17) is 4.74 Å². The first kappa shape index (κ1) is 27.9. The number of benzene rings is 2. The van der Waals surface area contributed by atoms with Gasteiger partial charge in [0, 0.05) is 48.9 Å². The van der Waals surface area contributed by atoms with Crippen LogP contribution in [-0.2, 0) is 12.6 Å². The smallest absolute Gasteiger partial charge is 0.268 e. The minimum atomic E-state index is -1.31. The number of piperidine rings is 1. The number of carbonyl (C=O) groups is 1. The second-order valence-corrected chi connectivity index (χ2v) is 12.0. The van der Waals surface area contributed by atoms with Crippen LogP contribution in [0.25, 0.3) is 21.2 Å². The molecular weight excluding hydrogens is 541 g/mol. The summed E-state index contributed by atoms with van der Waals surface area (Å²) in [7, 11) is 1.58. The summed E-state index contributed by atoms with van der Waals surface area (Å²) in [5, 5.41) is 11.2. The number of alkyl halides is 1. The van der Waals surface area contributed by atoms with E-state index in [1.54, 1.807) is 56.3 Å². The number of fused-ring (bicyclic) bond motifs is 1. The minimum absolute atomic E-state index is 0.203. The fourth-order valence-electron chi connectivity index (χ4n) is 4.77. The van der Waals surface area contributed by atoms with Crippen LogP contribution in [0.3, 0.4) is 0 Å². The van der Waals surface area contributed by atoms with E-state index in [1.165, 1.54) is 17.6 Å². The number of carbonyl (C=O) groups excluding carboxylic acids is 1. The number of likely N-dealkylation sites (tertiary alicyclic amines) is 1. The molecule has 5 rings (SSSR count). The highest BCUT2D eigenvalue weighted by Gasteiger charge is 2.33. The summed E-state index contributed by atoms with van der Waals surface area (Å²) in [5.41, 5.74) is -1.36. The number of aliphatic hydroxyl groups is 1. The largest absolute Gasteiger partial charge is 0.454 e. The molecule has 40 heavy (non-hydrogen) atoms. The maximum Gasteiger partial charge on any atom is 0.268 e. The lowest BCUT2D eigenvalue weighted by Gasteiger charge is -2.33. The van der Waals surface area contributed by atoms with Crippen molar-refractivity contribution in [1.82, 2.24) is 9.47 Å². The van der Waals surface area contributed by atoms with Gasteiger partial charge < -0.3 is 19.3 Å². The van der Waals surface area contributed by atoms with Gasteiger partial charge in [0.1, 0.15) is 21.9 Å². The SMILES string of the molecule is Cn1cc(-c2cc(C(C)(C)O)ccc2Oc2ccc(F)cc2F)c2cc(C(=O)N3CCC(C)(F)CC3)sc2c1=O. The molecule has 0 atom stereocenters. The monoisotopic (exact) mass is 570 g/mol. The maximum atomic E-state index is 14.5. The molecule has 2 aromatic heterocycles. The van der Waals surface area contributed by atoms with Crippen molar-refractivity contribution in [2.24, 2.45) is 7.05 Å². The Morgan fingerprint density at radius 1 is 1.05 bits per heavy atom. The van der Waals surface area contributed by atoms with Crippen LogP contribution in [-0.4, -0.2) is 39.2 Å². The Morgan fingerprint density at radius 2 is 1.73 bits per heavy atom. The molecule has 2 aromatic carbocycles. The molecule has 0 unspecified atom stereocenters. The highest BCUT2D eigenvalue weighted by Crippen LogP contribution is 2.41. The van der Waals surface area contributed by atoms with Crippen molar-refractivity contribution in [3.63, 3.8) is 0 Å². The van der Waals surface area contributed by atoms with Crippen LogP contribution in [0.2, 0.25) is 0 Å². The molecule has 1 aliphatic rings. The van der Waals surface area contributed by atoms with Crippen molar-refractivity contribution < 1.29 is 27.8 Å². The number of aromatic nitrogens is 1. The number of aryl methyl sites for hydroxylation is 1. The van der Waals surface area contributed by atoms with Crippen LogP contribution >= 0.6 is 11.3 Å². The Balaban J connectivity index is 1.66. The number of halogens is 3. The van der Waals surface area contributed by atoms with Crippen LogP contribution < -0.4 is 10.3 Å². The van der Waals surface area contributed by atoms with Crippen LogP contribution in [0, 0.1) is 11.6 Å². The molecule has 0 aliphatic carbocycles. The highest BCUT2D eigenvalue weighted by atomic mass is 32.1. The fourth-order valence-corrected chi connectivity index (χ4v) is 5.89. The fraction of sp³-hybridized carbons (Fsp3) is 0.333. The van der Waals surface area contributed by atoms with Crippen molar-refractivity contribution in [3.8, 4) is 22.6 Å². The zero-order chi connectivity index (χ0) is 29.0. The summed E-state index contributed by atoms with van der Waals surface area (Å²) >= 11 is 1.06. The van der Waals surface area contributed by atoms with Gasteiger partial charge in [0.05, 0.1) is 10.5 Å². The number of pyridine rings is 1. The number of thiophene rings is 1. The van der Waals surface area contributed by atoms with E-state index in [2.05, 4.69) is 0 Å². The van der Waals surface area contributed by atoms with E-state index < -0.39 is 22.9 Å². The van der Waals surface area contributed by atoms with Gasteiger partial charge >= 0.3 is 0 Å². The highest BCUT2D eigenvalue weighted by molar-refractivity contribution is 7.20. The van der Waals surface area contributed by atoms with Gasteiger partial charge in [-0.05, 0) is 69.5 Å². The third-order valence-corrected chi connectivity index (χ3v) is 8.36. The van der Waals surface area contributed by atoms with Crippen LogP contribution in [0.1, 0.15) is 48.8 Å². The minimum Gasteiger partial charge on any atom is -0.454 e. The first-order valence-corrected chi connectivity index (χ1v) is 13.7. The topological polar surface area (TPSA) is 71.8 Å². The number of rotatable bonds is 5. The molecule has 0 spiro atoms. The Morgan fingerprint density at radius 3 is 2.38 bits per heavy atom. The molecule has 4 aromatic rings. The van der Waals surface area contributed by atoms with Gasteiger partial charge in [-0.2, -0.15) is 0 Å². The molecular formula is C30H29F3N2O4S. The second kappa shape index (κ2) is 10.1. The number of ether oxygens (including phenoxy) is 1. The third-order valence-electron chi connectivity index (χ3n) is 7.25. The summed E-state index contributed by atoms with van der Waals surface area (Å²) in [6, 6.07) is 9.50. The van der Waals surface area contributed by atoms with E-state index in [-0.39, 0.29) is 48.9 Å². The number of hydrogen-bond donors (Lipinski definition) is 1. The van der Waals surface area contributed by atoms with Crippen molar-refractivity contribution in [1.29, 1.82) is 0 Å². The van der Waals surface area contributed by atoms with Gasteiger partial charge in [0.2, 0.25) is 0 Å². The molecule has 210 valence electrons. The number of hydrogen-bond acceptors (Lipinski definition) is 5. The summed E-state index contributed by atoms with van der Waals surface area (Å²) < 4.78 is 49.9. The molecule has 3 heterocycles. The average Bonchev–Trinajstić information content (AvgIpc) is 3.33. The van der Waals surface area contributed by atoms with E-state index in [0.29, 0.717) is 37.7 Å². The lowest BCUT2D eigenvalue weighted by molar-refractivity contribution is 0.0508. The Hall–Kier alpha value is -3.63. The van der Waals surface area contributed by atoms with E-state index in [1.807, 2.05) is 0 Å². The van der Waals surface area contributed by atoms with Gasteiger partial charge in [0.15, 0.2) is 11.6 Å². The van der Waals surface area contributed by atoms with Crippen molar-refractivity contribution in [3.05, 3.63) is 81.1 Å². The van der Waals surface area contributed by atoms with Crippen LogP contribution in [0.5, 0.6) is 11.5 Å². The standard InChI is InChI=1S/C30H29F3N2O4S/c1-29(2,38)17-5-7-23(39-24-8-6-18(31)14-22(24)32)19(13-17)21-16-34(4)28(37)26-20(21)15-25(40-26)27(36)35-11-9-30(3,33)10-12-35/h5-8,13-16,38H,9-12H2,1-4H3. The summed E-state index contributed by atoms with van der Waals surface area (Å²) in [6.07, 6.45) is 2.07. The lowest BCUT2D eigenvalue weighted by Crippen LogP contribution is -2.43. The Bertz CT molecular complexity index is 1680. The van der Waals surface area contributed by atoms with Gasteiger partial charge in [-0.15, -0.1) is 11.3 Å². The average molecular weight is 571 g/mol.